The minimum Gasteiger partial charge on any atom is -0.280 e. The normalized spacial score (nSPS) is 10.8. The molecule has 0 aliphatic rings. The minimum atomic E-state index is 0.0326. The van der Waals surface area contributed by atoms with E-state index < -0.39 is 0 Å². The molecule has 2 nitrogen and oxygen atoms in total. The molecule has 0 spiro atoms. The van der Waals surface area contributed by atoms with Crippen LogP contribution in [0.4, 0.5) is 0 Å². The van der Waals surface area contributed by atoms with E-state index in [9.17, 15) is 4.79 Å². The molecule has 1 aromatic heterocycles. The Morgan fingerprint density at radius 3 is 2.08 bits per heavy atom. The Morgan fingerprint density at radius 1 is 0.708 bits per heavy atom. The molecule has 3 aromatic carbocycles. The van der Waals surface area contributed by atoms with Crippen LogP contribution >= 0.6 is 0 Å². The maximum absolute atomic E-state index is 13.1. The first-order valence-corrected chi connectivity index (χ1v) is 8.06. The first kappa shape index (κ1) is 14.5. The van der Waals surface area contributed by atoms with Gasteiger partial charge in [-0.25, -0.2) is 0 Å². The van der Waals surface area contributed by atoms with Crippen molar-refractivity contribution in [1.82, 2.24) is 4.57 Å². The summed E-state index contributed by atoms with van der Waals surface area (Å²) in [6.07, 6.45) is 0.718. The van der Waals surface area contributed by atoms with E-state index in [1.807, 2.05) is 77.4 Å². The Morgan fingerprint density at radius 2 is 1.33 bits per heavy atom. The van der Waals surface area contributed by atoms with Crippen LogP contribution in [0.3, 0.4) is 0 Å². The summed E-state index contributed by atoms with van der Waals surface area (Å²) in [6, 6.07) is 30.0. The van der Waals surface area contributed by atoms with Crippen LogP contribution in [-0.2, 0) is 6.42 Å². The second-order valence-electron chi connectivity index (χ2n) is 5.86. The van der Waals surface area contributed by atoms with Gasteiger partial charge in [0.25, 0.3) is 5.56 Å². The third kappa shape index (κ3) is 2.63. The first-order chi connectivity index (χ1) is 11.8. The van der Waals surface area contributed by atoms with Crippen LogP contribution in [0.25, 0.3) is 16.5 Å². The molecular formula is C22H17NO. The van der Waals surface area contributed by atoms with Gasteiger partial charge in [-0.15, -0.1) is 0 Å². The number of benzene rings is 3. The topological polar surface area (TPSA) is 22.0 Å². The van der Waals surface area contributed by atoms with Gasteiger partial charge in [0, 0.05) is 23.2 Å². The molecule has 0 aliphatic heterocycles. The van der Waals surface area contributed by atoms with Gasteiger partial charge in [0.05, 0.1) is 0 Å². The van der Waals surface area contributed by atoms with E-state index in [2.05, 4.69) is 18.2 Å². The standard InChI is InChI=1S/C22H17NO/c24-22-21-14-8-7-11-18(21)16-20(15-17-9-3-1-4-10-17)23(22)19-12-5-2-6-13-19/h1-14,16H,15H2. The quantitative estimate of drug-likeness (QED) is 0.543. The fraction of sp³-hybridized carbons (Fsp3) is 0.0455. The molecule has 0 fully saturated rings. The van der Waals surface area contributed by atoms with Gasteiger partial charge in [0.2, 0.25) is 0 Å². The van der Waals surface area contributed by atoms with Crippen molar-refractivity contribution in [2.75, 3.05) is 0 Å². The highest BCUT2D eigenvalue weighted by Crippen LogP contribution is 2.18. The lowest BCUT2D eigenvalue weighted by atomic mass is 10.1. The monoisotopic (exact) mass is 311 g/mol. The molecule has 0 saturated heterocycles. The predicted molar refractivity (Wildman–Crippen MR) is 98.8 cm³/mol. The smallest absolute Gasteiger partial charge is 0.263 e. The van der Waals surface area contributed by atoms with Crippen LogP contribution in [0.1, 0.15) is 11.3 Å². The number of hydrogen-bond donors (Lipinski definition) is 0. The van der Waals surface area contributed by atoms with Crippen LogP contribution in [-0.4, -0.2) is 4.57 Å². The van der Waals surface area contributed by atoms with Crippen molar-refractivity contribution in [2.45, 2.75) is 6.42 Å². The highest BCUT2D eigenvalue weighted by Gasteiger charge is 2.11. The molecule has 0 saturated carbocycles. The fourth-order valence-electron chi connectivity index (χ4n) is 3.11. The van der Waals surface area contributed by atoms with Gasteiger partial charge in [0.15, 0.2) is 0 Å². The summed E-state index contributed by atoms with van der Waals surface area (Å²) in [5, 5.41) is 1.73. The van der Waals surface area contributed by atoms with Crippen molar-refractivity contribution >= 4 is 10.8 Å². The molecule has 0 unspecified atom stereocenters. The molecule has 0 radical (unpaired) electrons. The summed E-state index contributed by atoms with van der Waals surface area (Å²) in [4.78, 5) is 13.1. The molecule has 0 bridgehead atoms. The van der Waals surface area contributed by atoms with Crippen molar-refractivity contribution in [3.8, 4) is 5.69 Å². The van der Waals surface area contributed by atoms with Gasteiger partial charge in [-0.1, -0.05) is 66.7 Å². The third-order valence-electron chi connectivity index (χ3n) is 4.25. The van der Waals surface area contributed by atoms with Gasteiger partial charge in [-0.3, -0.25) is 9.36 Å². The second kappa shape index (κ2) is 6.17. The summed E-state index contributed by atoms with van der Waals surface area (Å²) in [5.74, 6) is 0. The van der Waals surface area contributed by atoms with E-state index in [-0.39, 0.29) is 5.56 Å². The lowest BCUT2D eigenvalue weighted by molar-refractivity contribution is 0.906. The molecule has 0 atom stereocenters. The largest absolute Gasteiger partial charge is 0.280 e. The number of hydrogen-bond acceptors (Lipinski definition) is 1. The zero-order valence-electron chi connectivity index (χ0n) is 13.2. The Hall–Kier alpha value is -3.13. The van der Waals surface area contributed by atoms with Gasteiger partial charge < -0.3 is 0 Å². The van der Waals surface area contributed by atoms with E-state index in [4.69, 9.17) is 0 Å². The summed E-state index contributed by atoms with van der Waals surface area (Å²) in [6.45, 7) is 0. The number of para-hydroxylation sites is 1. The molecule has 2 heteroatoms. The van der Waals surface area contributed by atoms with Gasteiger partial charge in [0.1, 0.15) is 0 Å². The minimum absolute atomic E-state index is 0.0326. The SMILES string of the molecule is O=c1c2ccccc2cc(Cc2ccccc2)n1-c1ccccc1. The number of rotatable bonds is 3. The summed E-state index contributed by atoms with van der Waals surface area (Å²) >= 11 is 0. The van der Waals surface area contributed by atoms with E-state index in [0.717, 1.165) is 28.6 Å². The molecule has 0 aliphatic carbocycles. The molecular weight excluding hydrogens is 294 g/mol. The maximum Gasteiger partial charge on any atom is 0.263 e. The number of nitrogens with zero attached hydrogens (tertiary/aromatic N) is 1. The molecule has 0 amide bonds. The highest BCUT2D eigenvalue weighted by molar-refractivity contribution is 5.82. The Balaban J connectivity index is 1.98. The average molecular weight is 311 g/mol. The van der Waals surface area contributed by atoms with Crippen molar-refractivity contribution in [1.29, 1.82) is 0 Å². The molecule has 24 heavy (non-hydrogen) atoms. The van der Waals surface area contributed by atoms with Crippen LogP contribution in [0, 0.1) is 0 Å². The molecule has 0 N–H and O–H groups in total. The lowest BCUT2D eigenvalue weighted by Gasteiger charge is -2.15. The van der Waals surface area contributed by atoms with Crippen LogP contribution in [0.5, 0.6) is 0 Å². The summed E-state index contributed by atoms with van der Waals surface area (Å²) in [7, 11) is 0. The number of pyridine rings is 1. The van der Waals surface area contributed by atoms with Crippen LogP contribution in [0.2, 0.25) is 0 Å². The predicted octanol–water partition coefficient (Wildman–Crippen LogP) is 4.58. The van der Waals surface area contributed by atoms with Gasteiger partial charge in [-0.05, 0) is 35.2 Å². The van der Waals surface area contributed by atoms with Crippen molar-refractivity contribution in [3.63, 3.8) is 0 Å². The van der Waals surface area contributed by atoms with Gasteiger partial charge in [-0.2, -0.15) is 0 Å². The molecule has 116 valence electrons. The Labute approximate surface area is 140 Å². The number of fused-ring (bicyclic) bond motifs is 1. The van der Waals surface area contributed by atoms with E-state index >= 15 is 0 Å². The summed E-state index contributed by atoms with van der Waals surface area (Å²) < 4.78 is 1.83. The van der Waals surface area contributed by atoms with Crippen LogP contribution < -0.4 is 5.56 Å². The molecule has 1 heterocycles. The summed E-state index contributed by atoms with van der Waals surface area (Å²) in [5.41, 5.74) is 3.12. The van der Waals surface area contributed by atoms with E-state index in [0.29, 0.717) is 0 Å². The van der Waals surface area contributed by atoms with Crippen molar-refractivity contribution < 1.29 is 0 Å². The molecule has 4 rings (SSSR count). The zero-order valence-corrected chi connectivity index (χ0v) is 13.2. The maximum atomic E-state index is 13.1. The third-order valence-corrected chi connectivity index (χ3v) is 4.25. The first-order valence-electron chi connectivity index (χ1n) is 8.06. The van der Waals surface area contributed by atoms with E-state index in [1.54, 1.807) is 0 Å². The zero-order chi connectivity index (χ0) is 16.4. The van der Waals surface area contributed by atoms with Crippen molar-refractivity contribution in [2.24, 2.45) is 0 Å². The number of aromatic nitrogens is 1. The second-order valence-corrected chi connectivity index (χ2v) is 5.86. The Kier molecular flexibility index (Phi) is 3.72. The molecule has 4 aromatic rings. The highest BCUT2D eigenvalue weighted by atomic mass is 16.1. The van der Waals surface area contributed by atoms with Crippen LogP contribution in [0.15, 0.2) is 95.8 Å². The average Bonchev–Trinajstić information content (AvgIpc) is 2.64. The van der Waals surface area contributed by atoms with Crippen molar-refractivity contribution in [3.05, 3.63) is 113 Å². The van der Waals surface area contributed by atoms with Gasteiger partial charge >= 0.3 is 0 Å². The Bertz CT molecular complexity index is 1030. The lowest BCUT2D eigenvalue weighted by Crippen LogP contribution is -2.22. The van der Waals surface area contributed by atoms with E-state index in [1.165, 1.54) is 5.56 Å². The fourth-order valence-corrected chi connectivity index (χ4v) is 3.11.